The molecule has 0 radical (unpaired) electrons. The van der Waals surface area contributed by atoms with Crippen LogP contribution in [0.15, 0.2) is 41.4 Å². The zero-order valence-corrected chi connectivity index (χ0v) is 18.1. The van der Waals surface area contributed by atoms with Crippen molar-refractivity contribution in [2.45, 2.75) is 32.9 Å². The Bertz CT molecular complexity index is 829. The van der Waals surface area contributed by atoms with E-state index in [-0.39, 0.29) is 5.54 Å². The molecule has 0 aromatic heterocycles. The van der Waals surface area contributed by atoms with Crippen molar-refractivity contribution >= 4 is 16.7 Å². The molecule has 0 bridgehead atoms. The van der Waals surface area contributed by atoms with Gasteiger partial charge in [0.15, 0.2) is 5.96 Å². The Kier molecular flexibility index (Phi) is 7.34. The first-order chi connectivity index (χ1) is 14.0. The van der Waals surface area contributed by atoms with Crippen molar-refractivity contribution in [2.24, 2.45) is 4.99 Å². The quantitative estimate of drug-likeness (QED) is 0.555. The van der Waals surface area contributed by atoms with Crippen LogP contribution in [0.1, 0.15) is 26.3 Å². The van der Waals surface area contributed by atoms with Crippen LogP contribution in [0.2, 0.25) is 0 Å². The lowest BCUT2D eigenvalue weighted by Gasteiger charge is -2.41. The SMILES string of the molecule is CCNC(=NCc1ccc2cc(OC)ccc2c1)NCC(C)(C)N1CCOCC1. The molecule has 29 heavy (non-hydrogen) atoms. The second-order valence-corrected chi connectivity index (χ2v) is 8.01. The smallest absolute Gasteiger partial charge is 0.191 e. The van der Waals surface area contributed by atoms with Crippen molar-refractivity contribution in [1.82, 2.24) is 15.5 Å². The van der Waals surface area contributed by atoms with Crippen LogP contribution in [-0.2, 0) is 11.3 Å². The molecule has 158 valence electrons. The Morgan fingerprint density at radius 3 is 2.55 bits per heavy atom. The van der Waals surface area contributed by atoms with E-state index in [0.717, 1.165) is 51.1 Å². The molecule has 3 rings (SSSR count). The molecule has 0 amide bonds. The topological polar surface area (TPSA) is 58.1 Å². The molecule has 2 N–H and O–H groups in total. The van der Waals surface area contributed by atoms with Crippen molar-refractivity contribution in [3.8, 4) is 5.75 Å². The maximum absolute atomic E-state index is 5.48. The number of aliphatic imine (C=N–C) groups is 1. The molecule has 6 heteroatoms. The average molecular weight is 399 g/mol. The number of nitrogens with one attached hydrogen (secondary N) is 2. The first-order valence-corrected chi connectivity index (χ1v) is 10.4. The monoisotopic (exact) mass is 398 g/mol. The minimum Gasteiger partial charge on any atom is -0.497 e. The van der Waals surface area contributed by atoms with Crippen molar-refractivity contribution in [1.29, 1.82) is 0 Å². The summed E-state index contributed by atoms with van der Waals surface area (Å²) in [6, 6.07) is 12.6. The molecule has 2 aromatic carbocycles. The highest BCUT2D eigenvalue weighted by atomic mass is 16.5. The van der Waals surface area contributed by atoms with Crippen LogP contribution in [0.4, 0.5) is 0 Å². The van der Waals surface area contributed by atoms with Gasteiger partial charge in [-0.05, 0) is 55.3 Å². The van der Waals surface area contributed by atoms with Crippen LogP contribution in [-0.4, -0.2) is 62.9 Å². The van der Waals surface area contributed by atoms with E-state index in [1.165, 1.54) is 16.3 Å². The van der Waals surface area contributed by atoms with Gasteiger partial charge in [0.2, 0.25) is 0 Å². The summed E-state index contributed by atoms with van der Waals surface area (Å²) in [4.78, 5) is 7.28. The second kappa shape index (κ2) is 9.94. The molecule has 0 spiro atoms. The molecule has 0 unspecified atom stereocenters. The summed E-state index contributed by atoms with van der Waals surface area (Å²) in [5.41, 5.74) is 1.23. The van der Waals surface area contributed by atoms with E-state index in [1.54, 1.807) is 7.11 Å². The van der Waals surface area contributed by atoms with E-state index in [1.807, 2.05) is 6.07 Å². The van der Waals surface area contributed by atoms with Crippen LogP contribution >= 0.6 is 0 Å². The highest BCUT2D eigenvalue weighted by Crippen LogP contribution is 2.22. The van der Waals surface area contributed by atoms with Gasteiger partial charge in [-0.25, -0.2) is 4.99 Å². The second-order valence-electron chi connectivity index (χ2n) is 8.01. The number of nitrogens with zero attached hydrogens (tertiary/aromatic N) is 2. The molecule has 1 aliphatic heterocycles. The molecule has 1 saturated heterocycles. The fourth-order valence-corrected chi connectivity index (χ4v) is 3.59. The highest BCUT2D eigenvalue weighted by Gasteiger charge is 2.28. The molecule has 0 aliphatic carbocycles. The predicted octanol–water partition coefficient (Wildman–Crippen LogP) is 3.01. The molecule has 0 saturated carbocycles. The van der Waals surface area contributed by atoms with Gasteiger partial charge in [0.1, 0.15) is 5.75 Å². The predicted molar refractivity (Wildman–Crippen MR) is 120 cm³/mol. The molecule has 0 atom stereocenters. The number of morpholine rings is 1. The lowest BCUT2D eigenvalue weighted by Crippen LogP contribution is -2.56. The number of methoxy groups -OCH3 is 1. The third-order valence-corrected chi connectivity index (χ3v) is 5.43. The third kappa shape index (κ3) is 5.84. The van der Waals surface area contributed by atoms with Gasteiger partial charge in [-0.1, -0.05) is 18.2 Å². The molecule has 1 heterocycles. The van der Waals surface area contributed by atoms with Gasteiger partial charge in [0, 0.05) is 31.7 Å². The number of hydrogen-bond acceptors (Lipinski definition) is 4. The summed E-state index contributed by atoms with van der Waals surface area (Å²) < 4.78 is 10.8. The van der Waals surface area contributed by atoms with Crippen molar-refractivity contribution in [3.63, 3.8) is 0 Å². The zero-order chi connectivity index (χ0) is 20.7. The lowest BCUT2D eigenvalue weighted by atomic mass is 10.0. The van der Waals surface area contributed by atoms with Gasteiger partial charge < -0.3 is 20.1 Å². The van der Waals surface area contributed by atoms with Gasteiger partial charge in [0.05, 0.1) is 26.9 Å². The highest BCUT2D eigenvalue weighted by molar-refractivity contribution is 5.84. The summed E-state index contributed by atoms with van der Waals surface area (Å²) in [6.07, 6.45) is 0. The molecular formula is C23H34N4O2. The first kappa shape index (κ1) is 21.4. The van der Waals surface area contributed by atoms with Gasteiger partial charge >= 0.3 is 0 Å². The number of hydrogen-bond donors (Lipinski definition) is 2. The number of guanidine groups is 1. The normalized spacial score (nSPS) is 16.1. The fourth-order valence-electron chi connectivity index (χ4n) is 3.59. The molecule has 6 nitrogen and oxygen atoms in total. The number of rotatable bonds is 7. The molecule has 1 fully saturated rings. The van der Waals surface area contributed by atoms with E-state index in [9.17, 15) is 0 Å². The van der Waals surface area contributed by atoms with Gasteiger partial charge in [-0.15, -0.1) is 0 Å². The summed E-state index contributed by atoms with van der Waals surface area (Å²) in [5.74, 6) is 1.73. The van der Waals surface area contributed by atoms with Crippen LogP contribution in [0, 0.1) is 0 Å². The maximum atomic E-state index is 5.48. The molecule has 1 aliphatic rings. The van der Waals surface area contributed by atoms with E-state index in [4.69, 9.17) is 14.5 Å². The third-order valence-electron chi connectivity index (χ3n) is 5.43. The Labute approximate surface area is 174 Å². The van der Waals surface area contributed by atoms with E-state index in [2.05, 4.69) is 66.6 Å². The first-order valence-electron chi connectivity index (χ1n) is 10.4. The van der Waals surface area contributed by atoms with E-state index in [0.29, 0.717) is 6.54 Å². The summed E-state index contributed by atoms with van der Waals surface area (Å²) in [7, 11) is 1.69. The Balaban J connectivity index is 1.64. The average Bonchev–Trinajstić information content (AvgIpc) is 2.75. The standard InChI is InChI=1S/C23H34N4O2/c1-5-24-22(26-17-23(2,3)27-10-12-29-13-11-27)25-16-18-6-7-20-15-21(28-4)9-8-19(20)14-18/h6-9,14-15H,5,10-13,16-17H2,1-4H3,(H2,24,25,26). The van der Waals surface area contributed by atoms with Crippen LogP contribution < -0.4 is 15.4 Å². The van der Waals surface area contributed by atoms with Crippen molar-refractivity contribution in [2.75, 3.05) is 46.5 Å². The van der Waals surface area contributed by atoms with Crippen LogP contribution in [0.3, 0.4) is 0 Å². The summed E-state index contributed by atoms with van der Waals surface area (Å²) in [5, 5.41) is 9.25. The van der Waals surface area contributed by atoms with Crippen molar-refractivity contribution < 1.29 is 9.47 Å². The van der Waals surface area contributed by atoms with E-state index >= 15 is 0 Å². The summed E-state index contributed by atoms with van der Waals surface area (Å²) >= 11 is 0. The van der Waals surface area contributed by atoms with Crippen molar-refractivity contribution in [3.05, 3.63) is 42.0 Å². The zero-order valence-electron chi connectivity index (χ0n) is 18.1. The summed E-state index contributed by atoms with van der Waals surface area (Å²) in [6.45, 7) is 12.5. The Morgan fingerprint density at radius 1 is 1.10 bits per heavy atom. The molecule has 2 aromatic rings. The van der Waals surface area contributed by atoms with Gasteiger partial charge in [-0.2, -0.15) is 0 Å². The fraction of sp³-hybridized carbons (Fsp3) is 0.522. The number of fused-ring (bicyclic) bond motifs is 1. The Hall–Kier alpha value is -2.31. The minimum absolute atomic E-state index is 0.0436. The number of benzene rings is 2. The Morgan fingerprint density at radius 2 is 1.83 bits per heavy atom. The molecular weight excluding hydrogens is 364 g/mol. The maximum Gasteiger partial charge on any atom is 0.191 e. The number of ether oxygens (including phenoxy) is 2. The lowest BCUT2D eigenvalue weighted by molar-refractivity contribution is -0.00834. The van der Waals surface area contributed by atoms with Crippen LogP contribution in [0.25, 0.3) is 10.8 Å². The van der Waals surface area contributed by atoms with E-state index < -0.39 is 0 Å². The van der Waals surface area contributed by atoms with Gasteiger partial charge in [-0.3, -0.25) is 4.90 Å². The van der Waals surface area contributed by atoms with Crippen LogP contribution in [0.5, 0.6) is 5.75 Å². The largest absolute Gasteiger partial charge is 0.497 e. The van der Waals surface area contributed by atoms with Gasteiger partial charge in [0.25, 0.3) is 0 Å². The minimum atomic E-state index is 0.0436.